The lowest BCUT2D eigenvalue weighted by Gasteiger charge is -2.24. The minimum absolute atomic E-state index is 0.0381. The Bertz CT molecular complexity index is 1230. The number of aliphatic hydroxyl groups excluding tert-OH is 2. The summed E-state index contributed by atoms with van der Waals surface area (Å²) in [6.45, 7) is 0.404. The molecule has 2 unspecified atom stereocenters. The molecule has 33 heavy (non-hydrogen) atoms. The van der Waals surface area contributed by atoms with Gasteiger partial charge in [-0.2, -0.15) is 0 Å². The second-order valence-corrected chi connectivity index (χ2v) is 8.19. The molecule has 2 aromatic heterocycles. The maximum absolute atomic E-state index is 14.7. The number of nitrogens with one attached hydrogen (secondary N) is 2. The van der Waals surface area contributed by atoms with E-state index in [0.717, 1.165) is 22.5 Å². The van der Waals surface area contributed by atoms with E-state index in [9.17, 15) is 19.4 Å². The summed E-state index contributed by atoms with van der Waals surface area (Å²) in [4.78, 5) is 18.9. The van der Waals surface area contributed by atoms with Crippen LogP contribution >= 0.6 is 11.6 Å². The molecule has 1 saturated heterocycles. The van der Waals surface area contributed by atoms with Gasteiger partial charge in [-0.15, -0.1) is 0 Å². The van der Waals surface area contributed by atoms with E-state index >= 15 is 0 Å². The summed E-state index contributed by atoms with van der Waals surface area (Å²) in [5.41, 5.74) is 0.695. The van der Waals surface area contributed by atoms with Gasteiger partial charge < -0.3 is 25.8 Å². The zero-order valence-electron chi connectivity index (χ0n) is 17.6. The molecule has 3 heterocycles. The van der Waals surface area contributed by atoms with Crippen LogP contribution in [0.15, 0.2) is 53.6 Å². The van der Waals surface area contributed by atoms with Crippen LogP contribution in [0, 0.1) is 11.2 Å². The van der Waals surface area contributed by atoms with Crippen molar-refractivity contribution in [1.82, 2.24) is 9.55 Å². The van der Waals surface area contributed by atoms with Crippen LogP contribution in [-0.4, -0.2) is 51.3 Å². The average molecular weight is 472 g/mol. The van der Waals surface area contributed by atoms with Gasteiger partial charge in [-0.1, -0.05) is 29.8 Å². The van der Waals surface area contributed by atoms with E-state index in [1.54, 1.807) is 17.0 Å². The van der Waals surface area contributed by atoms with Crippen molar-refractivity contribution in [2.45, 2.75) is 25.1 Å². The summed E-state index contributed by atoms with van der Waals surface area (Å²) in [6, 6.07) is 9.93. The Morgan fingerprint density at radius 2 is 2.12 bits per heavy atom. The summed E-state index contributed by atoms with van der Waals surface area (Å²) in [6.07, 6.45) is 3.09. The van der Waals surface area contributed by atoms with Crippen LogP contribution in [0.2, 0.25) is 5.02 Å². The van der Waals surface area contributed by atoms with Crippen LogP contribution in [0.1, 0.15) is 17.5 Å². The van der Waals surface area contributed by atoms with E-state index in [0.29, 0.717) is 29.5 Å². The minimum atomic E-state index is -0.714. The van der Waals surface area contributed by atoms with Crippen molar-refractivity contribution in [3.05, 3.63) is 81.1 Å². The Balaban J connectivity index is 1.68. The van der Waals surface area contributed by atoms with E-state index < -0.39 is 17.5 Å². The normalized spacial score (nSPS) is 17.9. The van der Waals surface area contributed by atoms with Gasteiger partial charge in [-0.3, -0.25) is 9.36 Å². The lowest BCUT2D eigenvalue weighted by molar-refractivity contribution is 0.184. The van der Waals surface area contributed by atoms with Crippen molar-refractivity contribution in [2.24, 2.45) is 0 Å². The first-order chi connectivity index (χ1) is 15.9. The number of hydrogen-bond donors (Lipinski definition) is 4. The molecule has 2 atom stereocenters. The maximum atomic E-state index is 14.7. The fraction of sp³-hybridized carbons (Fsp3) is 0.261. The Labute approximate surface area is 194 Å². The molecule has 8 nitrogen and oxygen atoms in total. The molecule has 1 aromatic carbocycles. The summed E-state index contributed by atoms with van der Waals surface area (Å²) in [5, 5.41) is 31.0. The number of rotatable bonds is 7. The molecule has 172 valence electrons. The smallest absolute Gasteiger partial charge is 0.266 e. The van der Waals surface area contributed by atoms with E-state index in [-0.39, 0.29) is 30.4 Å². The van der Waals surface area contributed by atoms with Crippen LogP contribution in [0.4, 0.5) is 15.9 Å². The summed E-state index contributed by atoms with van der Waals surface area (Å²) in [5.74, 6) is -0.375. The standard InChI is InChI=1S/C23H23ClFN5O3/c24-18-4-2-1-3-14(18)10-27-20-5-6-29(23(33)17(20)9-26)21-8-22(28-11-19(21)25)30-12-16(32)7-15(30)13-31/h1-6,8-9,11,15-16,26-27,31-32H,7,10,12-13H2. The molecule has 1 aliphatic heterocycles. The molecule has 10 heteroatoms. The van der Waals surface area contributed by atoms with Gasteiger partial charge in [-0.25, -0.2) is 9.37 Å². The number of aromatic nitrogens is 2. The highest BCUT2D eigenvalue weighted by Gasteiger charge is 2.31. The summed E-state index contributed by atoms with van der Waals surface area (Å²) >= 11 is 6.18. The van der Waals surface area contributed by atoms with Crippen LogP contribution in [-0.2, 0) is 6.54 Å². The predicted octanol–water partition coefficient (Wildman–Crippen LogP) is 2.57. The Kier molecular flexibility index (Phi) is 6.73. The van der Waals surface area contributed by atoms with Crippen molar-refractivity contribution >= 4 is 29.3 Å². The first-order valence-electron chi connectivity index (χ1n) is 10.4. The summed E-state index contributed by atoms with van der Waals surface area (Å²) < 4.78 is 15.8. The Morgan fingerprint density at radius 1 is 1.33 bits per heavy atom. The number of β-amino-alcohol motifs (C(OH)–C–C–N with tert-alkyl or cyclic N) is 1. The van der Waals surface area contributed by atoms with Gasteiger partial charge in [-0.05, 0) is 24.1 Å². The van der Waals surface area contributed by atoms with E-state index in [1.165, 1.54) is 12.3 Å². The molecule has 3 aromatic rings. The monoisotopic (exact) mass is 471 g/mol. The van der Waals surface area contributed by atoms with Gasteiger partial charge >= 0.3 is 0 Å². The molecular formula is C23H23ClFN5O3. The van der Waals surface area contributed by atoms with Gasteiger partial charge in [0, 0.05) is 36.6 Å². The molecule has 0 radical (unpaired) electrons. The Hall–Kier alpha value is -3.27. The molecular weight excluding hydrogens is 449 g/mol. The lowest BCUT2D eigenvalue weighted by Crippen LogP contribution is -2.33. The minimum Gasteiger partial charge on any atom is -0.394 e. The second kappa shape index (κ2) is 9.70. The third kappa shape index (κ3) is 4.61. The van der Waals surface area contributed by atoms with Crippen molar-refractivity contribution in [3.8, 4) is 5.69 Å². The molecule has 1 aliphatic rings. The van der Waals surface area contributed by atoms with Gasteiger partial charge in [0.2, 0.25) is 0 Å². The van der Waals surface area contributed by atoms with Gasteiger partial charge in [0.05, 0.1) is 41.9 Å². The number of benzene rings is 1. The second-order valence-electron chi connectivity index (χ2n) is 7.78. The number of anilines is 2. The first-order valence-corrected chi connectivity index (χ1v) is 10.8. The lowest BCUT2D eigenvalue weighted by atomic mass is 10.2. The number of pyridine rings is 2. The van der Waals surface area contributed by atoms with Crippen LogP contribution < -0.4 is 15.8 Å². The number of halogens is 2. The van der Waals surface area contributed by atoms with E-state index in [4.69, 9.17) is 17.0 Å². The quantitative estimate of drug-likeness (QED) is 0.394. The maximum Gasteiger partial charge on any atom is 0.266 e. The van der Waals surface area contributed by atoms with E-state index in [2.05, 4.69) is 10.3 Å². The first kappa shape index (κ1) is 22.9. The van der Waals surface area contributed by atoms with Crippen LogP contribution in [0.5, 0.6) is 0 Å². The molecule has 4 N–H and O–H groups in total. The van der Waals surface area contributed by atoms with Crippen molar-refractivity contribution in [1.29, 1.82) is 5.41 Å². The zero-order valence-corrected chi connectivity index (χ0v) is 18.3. The predicted molar refractivity (Wildman–Crippen MR) is 125 cm³/mol. The highest BCUT2D eigenvalue weighted by molar-refractivity contribution is 6.31. The van der Waals surface area contributed by atoms with Gasteiger partial charge in [0.25, 0.3) is 5.56 Å². The van der Waals surface area contributed by atoms with Gasteiger partial charge in [0.15, 0.2) is 5.82 Å². The molecule has 4 rings (SSSR count). The van der Waals surface area contributed by atoms with Crippen molar-refractivity contribution in [2.75, 3.05) is 23.4 Å². The largest absolute Gasteiger partial charge is 0.394 e. The molecule has 0 amide bonds. The summed E-state index contributed by atoms with van der Waals surface area (Å²) in [7, 11) is 0. The Morgan fingerprint density at radius 3 is 2.85 bits per heavy atom. The number of nitrogens with zero attached hydrogens (tertiary/aromatic N) is 3. The topological polar surface area (TPSA) is 114 Å². The third-order valence-electron chi connectivity index (χ3n) is 5.68. The molecule has 0 saturated carbocycles. The highest BCUT2D eigenvalue weighted by Crippen LogP contribution is 2.27. The van der Waals surface area contributed by atoms with Gasteiger partial charge in [0.1, 0.15) is 5.82 Å². The fourth-order valence-electron chi connectivity index (χ4n) is 3.97. The molecule has 0 aliphatic carbocycles. The SMILES string of the molecule is N=Cc1c(NCc2ccccc2Cl)ccn(-c2cc(N3CC(O)CC3CO)ncc2F)c1=O. The third-order valence-corrected chi connectivity index (χ3v) is 6.05. The molecule has 0 bridgehead atoms. The van der Waals surface area contributed by atoms with Crippen molar-refractivity contribution < 1.29 is 14.6 Å². The average Bonchev–Trinajstić information content (AvgIpc) is 3.20. The molecule has 0 spiro atoms. The van der Waals surface area contributed by atoms with E-state index in [1.807, 2.05) is 18.2 Å². The zero-order chi connectivity index (χ0) is 23.5. The van der Waals surface area contributed by atoms with Crippen molar-refractivity contribution in [3.63, 3.8) is 0 Å². The number of hydrogen-bond acceptors (Lipinski definition) is 7. The van der Waals surface area contributed by atoms with Crippen LogP contribution in [0.25, 0.3) is 5.69 Å². The highest BCUT2D eigenvalue weighted by atomic mass is 35.5. The molecule has 1 fully saturated rings. The number of aliphatic hydroxyl groups is 2. The van der Waals surface area contributed by atoms with Crippen LogP contribution in [0.3, 0.4) is 0 Å². The fourth-order valence-corrected chi connectivity index (χ4v) is 4.17.